The van der Waals surface area contributed by atoms with Crippen molar-refractivity contribution in [1.29, 1.82) is 5.26 Å². The molecule has 0 aliphatic heterocycles. The highest BCUT2D eigenvalue weighted by molar-refractivity contribution is 7.89. The van der Waals surface area contributed by atoms with Crippen molar-refractivity contribution >= 4 is 21.6 Å². The van der Waals surface area contributed by atoms with Gasteiger partial charge in [-0.05, 0) is 25.1 Å². The van der Waals surface area contributed by atoms with Gasteiger partial charge < -0.3 is 10.8 Å². The van der Waals surface area contributed by atoms with Crippen molar-refractivity contribution in [2.24, 2.45) is 5.73 Å². The van der Waals surface area contributed by atoms with Crippen molar-refractivity contribution in [1.82, 2.24) is 4.72 Å². The van der Waals surface area contributed by atoms with E-state index in [1.165, 1.54) is 25.1 Å². The van der Waals surface area contributed by atoms with Crippen LogP contribution in [0.25, 0.3) is 0 Å². The smallest absolute Gasteiger partial charge is 0.241 e. The van der Waals surface area contributed by atoms with Crippen LogP contribution < -0.4 is 10.5 Å². The van der Waals surface area contributed by atoms with E-state index in [1.54, 1.807) is 6.07 Å². The normalized spacial score (nSPS) is 14.7. The number of nitrogens with two attached hydrogens (primary N) is 1. The Morgan fingerprint density at radius 2 is 2.21 bits per heavy atom. The van der Waals surface area contributed by atoms with Gasteiger partial charge in [0, 0.05) is 17.6 Å². The maximum absolute atomic E-state index is 12.0. The minimum absolute atomic E-state index is 0.0116. The highest BCUT2D eigenvalue weighted by Gasteiger charge is 2.21. The first kappa shape index (κ1) is 15.9. The van der Waals surface area contributed by atoms with E-state index in [0.717, 1.165) is 0 Å². The van der Waals surface area contributed by atoms with Gasteiger partial charge in [0.1, 0.15) is 11.0 Å². The number of nitriles is 1. The van der Waals surface area contributed by atoms with Gasteiger partial charge in [-0.15, -0.1) is 0 Å². The molecule has 8 heteroatoms. The second kappa shape index (κ2) is 6.32. The van der Waals surface area contributed by atoms with Gasteiger partial charge in [0.05, 0.1) is 11.7 Å². The minimum Gasteiger partial charge on any atom is -0.392 e. The summed E-state index contributed by atoms with van der Waals surface area (Å²) >= 11 is 5.73. The molecule has 0 aliphatic carbocycles. The maximum Gasteiger partial charge on any atom is 0.241 e. The van der Waals surface area contributed by atoms with Gasteiger partial charge in [0.15, 0.2) is 0 Å². The Bertz CT molecular complexity index is 596. The number of hydrogen-bond donors (Lipinski definition) is 3. The summed E-state index contributed by atoms with van der Waals surface area (Å²) in [7, 11) is -3.90. The van der Waals surface area contributed by atoms with Gasteiger partial charge >= 0.3 is 0 Å². The molecule has 1 rings (SSSR count). The lowest BCUT2D eigenvalue weighted by molar-refractivity contribution is 0.164. The highest BCUT2D eigenvalue weighted by atomic mass is 35.5. The van der Waals surface area contributed by atoms with Gasteiger partial charge in [0.25, 0.3) is 0 Å². The van der Waals surface area contributed by atoms with E-state index in [2.05, 4.69) is 4.72 Å². The van der Waals surface area contributed by atoms with Gasteiger partial charge in [-0.25, -0.2) is 13.1 Å². The molecule has 0 heterocycles. The SMILES string of the molecule is CC(O)C(N)CNS(=O)(=O)c1cc(Cl)ccc1C#N. The first-order chi connectivity index (χ1) is 8.77. The molecule has 0 radical (unpaired) electrons. The Hall–Kier alpha value is -1.17. The zero-order chi connectivity index (χ0) is 14.6. The third kappa shape index (κ3) is 4.16. The van der Waals surface area contributed by atoms with Crippen LogP contribution in [0, 0.1) is 11.3 Å². The molecular formula is C11H14ClN3O3S. The monoisotopic (exact) mass is 303 g/mol. The molecule has 104 valence electrons. The van der Waals surface area contributed by atoms with E-state index in [1.807, 2.05) is 0 Å². The van der Waals surface area contributed by atoms with Crippen LogP contribution in [-0.2, 0) is 10.0 Å². The number of sulfonamides is 1. The fourth-order valence-corrected chi connectivity index (χ4v) is 2.75. The van der Waals surface area contributed by atoms with Crippen molar-refractivity contribution in [3.8, 4) is 6.07 Å². The van der Waals surface area contributed by atoms with Crippen molar-refractivity contribution in [2.45, 2.75) is 24.0 Å². The molecule has 0 spiro atoms. The third-order valence-corrected chi connectivity index (χ3v) is 4.18. The van der Waals surface area contributed by atoms with E-state index in [4.69, 9.17) is 22.6 Å². The largest absolute Gasteiger partial charge is 0.392 e. The van der Waals surface area contributed by atoms with Crippen LogP contribution in [0.15, 0.2) is 23.1 Å². The molecule has 1 aromatic rings. The lowest BCUT2D eigenvalue weighted by atomic mass is 10.2. The Labute approximate surface area is 116 Å². The van der Waals surface area contributed by atoms with Crippen LogP contribution in [0.2, 0.25) is 5.02 Å². The summed E-state index contributed by atoms with van der Waals surface area (Å²) in [4.78, 5) is -0.208. The Balaban J connectivity index is 3.01. The highest BCUT2D eigenvalue weighted by Crippen LogP contribution is 2.20. The number of aliphatic hydroxyl groups is 1. The van der Waals surface area contributed by atoms with Crippen LogP contribution in [0.1, 0.15) is 12.5 Å². The summed E-state index contributed by atoms with van der Waals surface area (Å²) in [5, 5.41) is 18.3. The first-order valence-corrected chi connectivity index (χ1v) is 7.27. The quantitative estimate of drug-likeness (QED) is 0.718. The zero-order valence-corrected chi connectivity index (χ0v) is 11.7. The second-order valence-electron chi connectivity index (χ2n) is 4.01. The Morgan fingerprint density at radius 3 is 2.74 bits per heavy atom. The van der Waals surface area contributed by atoms with Crippen LogP contribution in [-0.4, -0.2) is 32.2 Å². The number of hydrogen-bond acceptors (Lipinski definition) is 5. The Kier molecular flexibility index (Phi) is 5.29. The fourth-order valence-electron chi connectivity index (χ4n) is 1.27. The molecule has 0 saturated carbocycles. The molecule has 2 unspecified atom stereocenters. The van der Waals surface area contributed by atoms with E-state index in [9.17, 15) is 13.5 Å². The lowest BCUT2D eigenvalue weighted by Crippen LogP contribution is -2.43. The van der Waals surface area contributed by atoms with Crippen molar-refractivity contribution in [3.63, 3.8) is 0 Å². The molecule has 0 aliphatic rings. The predicted molar refractivity (Wildman–Crippen MR) is 71.0 cm³/mol. The average molecular weight is 304 g/mol. The molecule has 0 aromatic heterocycles. The van der Waals surface area contributed by atoms with Gasteiger partial charge in [0.2, 0.25) is 10.0 Å². The number of nitrogens with zero attached hydrogens (tertiary/aromatic N) is 1. The van der Waals surface area contributed by atoms with Crippen molar-refractivity contribution < 1.29 is 13.5 Å². The standard InChI is InChI=1S/C11H14ClN3O3S/c1-7(16)10(14)6-15-19(17,18)11-4-9(12)3-2-8(11)5-13/h2-4,7,10,15-16H,6,14H2,1H3. The molecule has 2 atom stereocenters. The summed E-state index contributed by atoms with van der Waals surface area (Å²) in [5.41, 5.74) is 5.52. The summed E-state index contributed by atoms with van der Waals surface area (Å²) in [5.74, 6) is 0. The Morgan fingerprint density at radius 1 is 1.58 bits per heavy atom. The van der Waals surface area contributed by atoms with Crippen molar-refractivity contribution in [2.75, 3.05) is 6.54 Å². The molecule has 0 bridgehead atoms. The predicted octanol–water partition coefficient (Wildman–Crippen LogP) is 0.198. The average Bonchev–Trinajstić information content (AvgIpc) is 2.35. The number of halogens is 1. The van der Waals surface area contributed by atoms with Crippen LogP contribution >= 0.6 is 11.6 Å². The number of aliphatic hydroxyl groups excluding tert-OH is 1. The molecule has 0 fully saturated rings. The van der Waals surface area contributed by atoms with Crippen LogP contribution in [0.3, 0.4) is 0 Å². The van der Waals surface area contributed by atoms with E-state index >= 15 is 0 Å². The third-order valence-electron chi connectivity index (χ3n) is 2.48. The number of rotatable bonds is 5. The number of benzene rings is 1. The van der Waals surface area contributed by atoms with Gasteiger partial charge in [-0.1, -0.05) is 11.6 Å². The fraction of sp³-hybridized carbons (Fsp3) is 0.364. The molecule has 19 heavy (non-hydrogen) atoms. The second-order valence-corrected chi connectivity index (χ2v) is 6.18. The minimum atomic E-state index is -3.90. The summed E-state index contributed by atoms with van der Waals surface area (Å²) in [6.45, 7) is 1.32. The summed E-state index contributed by atoms with van der Waals surface area (Å²) in [6.07, 6.45) is -0.850. The lowest BCUT2D eigenvalue weighted by Gasteiger charge is -2.15. The van der Waals surface area contributed by atoms with E-state index in [-0.39, 0.29) is 22.0 Å². The molecule has 6 nitrogen and oxygen atoms in total. The zero-order valence-electron chi connectivity index (χ0n) is 10.2. The van der Waals surface area contributed by atoms with E-state index in [0.29, 0.717) is 0 Å². The van der Waals surface area contributed by atoms with Gasteiger partial charge in [-0.2, -0.15) is 5.26 Å². The van der Waals surface area contributed by atoms with Crippen molar-refractivity contribution in [3.05, 3.63) is 28.8 Å². The summed E-state index contributed by atoms with van der Waals surface area (Å²) in [6, 6.07) is 4.99. The molecular weight excluding hydrogens is 290 g/mol. The number of nitrogens with one attached hydrogen (secondary N) is 1. The molecule has 0 saturated heterocycles. The molecule has 1 aromatic carbocycles. The van der Waals surface area contributed by atoms with E-state index < -0.39 is 22.2 Å². The topological polar surface area (TPSA) is 116 Å². The van der Waals surface area contributed by atoms with Crippen LogP contribution in [0.5, 0.6) is 0 Å². The molecule has 4 N–H and O–H groups in total. The van der Waals surface area contributed by atoms with Crippen LogP contribution in [0.4, 0.5) is 0 Å². The summed E-state index contributed by atoms with van der Waals surface area (Å²) < 4.78 is 26.3. The molecule has 0 amide bonds. The first-order valence-electron chi connectivity index (χ1n) is 5.41. The maximum atomic E-state index is 12.0. The van der Waals surface area contributed by atoms with Gasteiger partial charge in [-0.3, -0.25) is 0 Å².